The minimum Gasteiger partial charge on any atom is -0.507 e. The molecular weight excluding hydrogens is 256 g/mol. The lowest BCUT2D eigenvalue weighted by molar-refractivity contribution is 0.481. The van der Waals surface area contributed by atoms with E-state index in [0.29, 0.717) is 5.75 Å². The summed E-state index contributed by atoms with van der Waals surface area (Å²) in [7, 11) is 0. The van der Waals surface area contributed by atoms with Crippen LogP contribution in [-0.2, 0) is 6.54 Å². The fourth-order valence-corrected chi connectivity index (χ4v) is 3.08. The van der Waals surface area contributed by atoms with Crippen molar-refractivity contribution in [1.29, 1.82) is 0 Å². The molecule has 0 radical (unpaired) electrons. The highest BCUT2D eigenvalue weighted by atomic mass is 32.2. The van der Waals surface area contributed by atoms with Gasteiger partial charge in [0.1, 0.15) is 5.75 Å². The molecule has 2 aromatic carbocycles. The van der Waals surface area contributed by atoms with Crippen molar-refractivity contribution in [2.24, 2.45) is 0 Å². The van der Waals surface area contributed by atoms with Gasteiger partial charge in [0.25, 0.3) is 0 Å². The summed E-state index contributed by atoms with van der Waals surface area (Å²) >= 11 is 1.80. The maximum absolute atomic E-state index is 9.85. The van der Waals surface area contributed by atoms with Crippen LogP contribution in [0.25, 0.3) is 10.8 Å². The average molecular weight is 270 g/mol. The fraction of sp³-hybridized carbons (Fsp3) is 0.133. The zero-order chi connectivity index (χ0) is 13.1. The van der Waals surface area contributed by atoms with E-state index in [1.807, 2.05) is 36.8 Å². The highest BCUT2D eigenvalue weighted by molar-refractivity contribution is 7.99. The van der Waals surface area contributed by atoms with E-state index in [1.54, 1.807) is 24.0 Å². The summed E-state index contributed by atoms with van der Waals surface area (Å²) in [6, 6.07) is 11.7. The van der Waals surface area contributed by atoms with Gasteiger partial charge in [-0.25, -0.2) is 4.98 Å². The van der Waals surface area contributed by atoms with Crippen LogP contribution in [0.1, 0.15) is 0 Å². The van der Waals surface area contributed by atoms with Crippen LogP contribution in [0, 0.1) is 0 Å². The second kappa shape index (κ2) is 5.36. The number of fused-ring (bicyclic) bond motifs is 1. The Hall–Kier alpha value is -1.94. The van der Waals surface area contributed by atoms with Crippen molar-refractivity contribution < 1.29 is 5.11 Å². The Labute approximate surface area is 115 Å². The molecule has 1 heterocycles. The van der Waals surface area contributed by atoms with Crippen molar-refractivity contribution in [2.45, 2.75) is 11.4 Å². The Morgan fingerprint density at radius 3 is 2.74 bits per heavy atom. The van der Waals surface area contributed by atoms with Crippen molar-refractivity contribution in [1.82, 2.24) is 9.55 Å². The van der Waals surface area contributed by atoms with Gasteiger partial charge in [0.15, 0.2) is 0 Å². The molecule has 0 atom stereocenters. The van der Waals surface area contributed by atoms with Gasteiger partial charge in [-0.15, -0.1) is 11.8 Å². The number of hydrogen-bond donors (Lipinski definition) is 1. The molecule has 0 spiro atoms. The Balaban J connectivity index is 1.79. The number of rotatable bonds is 4. The van der Waals surface area contributed by atoms with Crippen LogP contribution in [0.4, 0.5) is 0 Å². The van der Waals surface area contributed by atoms with Gasteiger partial charge in [-0.05, 0) is 17.5 Å². The molecule has 0 aliphatic rings. The van der Waals surface area contributed by atoms with Crippen LogP contribution >= 0.6 is 11.8 Å². The minimum atomic E-state index is 0.342. The molecule has 0 aliphatic heterocycles. The van der Waals surface area contributed by atoms with Gasteiger partial charge in [0.05, 0.1) is 6.33 Å². The Morgan fingerprint density at radius 2 is 1.95 bits per heavy atom. The molecule has 0 unspecified atom stereocenters. The third-order valence-electron chi connectivity index (χ3n) is 3.03. The topological polar surface area (TPSA) is 38.0 Å². The number of aryl methyl sites for hydroxylation is 1. The Kier molecular flexibility index (Phi) is 3.42. The quantitative estimate of drug-likeness (QED) is 0.737. The lowest BCUT2D eigenvalue weighted by atomic mass is 10.1. The molecule has 4 heteroatoms. The van der Waals surface area contributed by atoms with Crippen molar-refractivity contribution >= 4 is 22.5 Å². The summed E-state index contributed by atoms with van der Waals surface area (Å²) in [6.07, 6.45) is 5.59. The van der Waals surface area contributed by atoms with Crippen LogP contribution in [0.15, 0.2) is 60.0 Å². The first-order chi connectivity index (χ1) is 9.34. The van der Waals surface area contributed by atoms with Crippen molar-refractivity contribution in [3.05, 3.63) is 55.1 Å². The van der Waals surface area contributed by atoms with Crippen molar-refractivity contribution in [3.8, 4) is 5.75 Å². The number of aromatic hydroxyl groups is 1. The molecule has 0 saturated heterocycles. The van der Waals surface area contributed by atoms with Gasteiger partial charge in [-0.3, -0.25) is 0 Å². The standard InChI is InChI=1S/C15H14N2OS/c18-14-5-6-15(13-4-2-1-3-12(13)14)19-10-9-17-8-7-16-11-17/h1-8,11,18H,9-10H2. The van der Waals surface area contributed by atoms with Crippen molar-refractivity contribution in [2.75, 3.05) is 5.75 Å². The highest BCUT2D eigenvalue weighted by Gasteiger charge is 2.05. The molecule has 96 valence electrons. The summed E-state index contributed by atoms with van der Waals surface area (Å²) in [4.78, 5) is 5.23. The van der Waals surface area contributed by atoms with Crippen molar-refractivity contribution in [3.63, 3.8) is 0 Å². The predicted octanol–water partition coefficient (Wildman–Crippen LogP) is 3.53. The molecule has 19 heavy (non-hydrogen) atoms. The first kappa shape index (κ1) is 12.1. The maximum atomic E-state index is 9.85. The molecule has 3 nitrogen and oxygen atoms in total. The molecule has 0 fully saturated rings. The third-order valence-corrected chi connectivity index (χ3v) is 4.08. The van der Waals surface area contributed by atoms with E-state index in [-0.39, 0.29) is 0 Å². The Bertz CT molecular complexity index is 680. The molecule has 0 saturated carbocycles. The van der Waals surface area contributed by atoms with Crippen LogP contribution in [-0.4, -0.2) is 20.4 Å². The summed E-state index contributed by atoms with van der Waals surface area (Å²) < 4.78 is 2.07. The predicted molar refractivity (Wildman–Crippen MR) is 78.6 cm³/mol. The van der Waals surface area contributed by atoms with Gasteiger partial charge in [0.2, 0.25) is 0 Å². The number of phenolic OH excluding ortho intramolecular Hbond substituents is 1. The molecule has 1 aromatic heterocycles. The number of hydrogen-bond acceptors (Lipinski definition) is 3. The molecule has 0 bridgehead atoms. The first-order valence-electron chi connectivity index (χ1n) is 6.14. The van der Waals surface area contributed by atoms with E-state index in [9.17, 15) is 5.11 Å². The average Bonchev–Trinajstić information content (AvgIpc) is 2.95. The van der Waals surface area contributed by atoms with Crippen LogP contribution in [0.5, 0.6) is 5.75 Å². The van der Waals surface area contributed by atoms with Crippen LogP contribution in [0.2, 0.25) is 0 Å². The highest BCUT2D eigenvalue weighted by Crippen LogP contribution is 2.33. The molecule has 1 N–H and O–H groups in total. The normalized spacial score (nSPS) is 10.9. The summed E-state index contributed by atoms with van der Waals surface area (Å²) in [5.74, 6) is 1.32. The monoisotopic (exact) mass is 270 g/mol. The minimum absolute atomic E-state index is 0.342. The van der Waals surface area contributed by atoms with E-state index >= 15 is 0 Å². The van der Waals surface area contributed by atoms with E-state index in [2.05, 4.69) is 15.6 Å². The molecule has 3 aromatic rings. The fourth-order valence-electron chi connectivity index (χ4n) is 2.06. The number of imidazole rings is 1. The van der Waals surface area contributed by atoms with Gasteiger partial charge in [-0.2, -0.15) is 0 Å². The second-order valence-corrected chi connectivity index (χ2v) is 5.41. The zero-order valence-corrected chi connectivity index (χ0v) is 11.2. The number of phenols is 1. The van der Waals surface area contributed by atoms with Gasteiger partial charge >= 0.3 is 0 Å². The zero-order valence-electron chi connectivity index (χ0n) is 10.4. The largest absolute Gasteiger partial charge is 0.507 e. The molecular formula is C15H14N2OS. The smallest absolute Gasteiger partial charge is 0.123 e. The second-order valence-electron chi connectivity index (χ2n) is 4.28. The van der Waals surface area contributed by atoms with E-state index in [4.69, 9.17) is 0 Å². The molecule has 0 amide bonds. The van der Waals surface area contributed by atoms with Gasteiger partial charge in [-0.1, -0.05) is 24.3 Å². The van der Waals surface area contributed by atoms with Gasteiger partial charge in [0, 0.05) is 35.0 Å². The summed E-state index contributed by atoms with van der Waals surface area (Å²) in [5, 5.41) is 11.9. The van der Waals surface area contributed by atoms with Crippen LogP contribution < -0.4 is 0 Å². The third kappa shape index (κ3) is 2.58. The first-order valence-corrected chi connectivity index (χ1v) is 7.12. The lowest BCUT2D eigenvalue weighted by Crippen LogP contribution is -1.96. The van der Waals surface area contributed by atoms with Gasteiger partial charge < -0.3 is 9.67 Å². The summed E-state index contributed by atoms with van der Waals surface area (Å²) in [5.41, 5.74) is 0. The number of aromatic nitrogens is 2. The van der Waals surface area contributed by atoms with E-state index in [1.165, 1.54) is 4.90 Å². The maximum Gasteiger partial charge on any atom is 0.123 e. The summed E-state index contributed by atoms with van der Waals surface area (Å²) in [6.45, 7) is 0.930. The lowest BCUT2D eigenvalue weighted by Gasteiger charge is -2.08. The number of nitrogens with zero attached hydrogens (tertiary/aromatic N) is 2. The SMILES string of the molecule is Oc1ccc(SCCn2ccnc2)c2ccccc12. The molecule has 0 aliphatic carbocycles. The number of thioether (sulfide) groups is 1. The molecule has 3 rings (SSSR count). The Morgan fingerprint density at radius 1 is 1.11 bits per heavy atom. The van der Waals surface area contributed by atoms with E-state index in [0.717, 1.165) is 23.1 Å². The van der Waals surface area contributed by atoms with Crippen LogP contribution in [0.3, 0.4) is 0 Å². The van der Waals surface area contributed by atoms with E-state index < -0.39 is 0 Å². The number of benzene rings is 2.